The predicted molar refractivity (Wildman–Crippen MR) is 148 cm³/mol. The SMILES string of the molecule is CCOC(=O)C1=C(C)N=C(C)C(C(=O)OCC)C1c1ccccc1-c1nc(-c2ccc(Cl)cc2)c(C)s1. The molecule has 2 unspecified atom stereocenters. The minimum Gasteiger partial charge on any atom is -0.465 e. The number of carbonyl (C=O) groups is 2. The fourth-order valence-electron chi connectivity index (χ4n) is 4.73. The summed E-state index contributed by atoms with van der Waals surface area (Å²) in [5, 5.41) is 1.46. The summed E-state index contributed by atoms with van der Waals surface area (Å²) in [5.74, 6) is -2.30. The molecule has 3 aromatic rings. The number of aromatic nitrogens is 1. The van der Waals surface area contributed by atoms with Crippen LogP contribution in [0.15, 0.2) is 64.8 Å². The van der Waals surface area contributed by atoms with Gasteiger partial charge in [0.2, 0.25) is 0 Å². The number of esters is 2. The van der Waals surface area contributed by atoms with Gasteiger partial charge in [0.05, 0.1) is 24.5 Å². The third-order valence-electron chi connectivity index (χ3n) is 6.30. The molecule has 1 aliphatic heterocycles. The van der Waals surface area contributed by atoms with Gasteiger partial charge in [-0.3, -0.25) is 9.79 Å². The number of allylic oxidation sites excluding steroid dienone is 1. The lowest BCUT2D eigenvalue weighted by Crippen LogP contribution is -2.36. The highest BCUT2D eigenvalue weighted by atomic mass is 35.5. The zero-order valence-corrected chi connectivity index (χ0v) is 23.1. The second kappa shape index (κ2) is 11.4. The van der Waals surface area contributed by atoms with Gasteiger partial charge in [-0.05, 0) is 52.3 Å². The molecule has 2 aromatic carbocycles. The number of hydrogen-bond acceptors (Lipinski definition) is 7. The van der Waals surface area contributed by atoms with Gasteiger partial charge in [0.25, 0.3) is 0 Å². The van der Waals surface area contributed by atoms with Crippen molar-refractivity contribution >= 4 is 40.6 Å². The summed E-state index contributed by atoms with van der Waals surface area (Å²) in [6, 6.07) is 15.3. The quantitative estimate of drug-likeness (QED) is 0.303. The van der Waals surface area contributed by atoms with Crippen molar-refractivity contribution in [2.45, 2.75) is 40.5 Å². The molecular formula is C29H29ClN2O4S. The zero-order chi connectivity index (χ0) is 26.7. The van der Waals surface area contributed by atoms with Crippen molar-refractivity contribution in [1.82, 2.24) is 4.98 Å². The summed E-state index contributed by atoms with van der Waals surface area (Å²) in [6.07, 6.45) is 0. The maximum atomic E-state index is 13.2. The highest BCUT2D eigenvalue weighted by molar-refractivity contribution is 7.15. The van der Waals surface area contributed by atoms with Crippen molar-refractivity contribution in [1.29, 1.82) is 0 Å². The molecule has 0 spiro atoms. The van der Waals surface area contributed by atoms with Crippen LogP contribution < -0.4 is 0 Å². The van der Waals surface area contributed by atoms with Gasteiger partial charge in [0.1, 0.15) is 10.9 Å². The van der Waals surface area contributed by atoms with Crippen molar-refractivity contribution in [3.63, 3.8) is 0 Å². The third-order valence-corrected chi connectivity index (χ3v) is 7.56. The van der Waals surface area contributed by atoms with Crippen molar-refractivity contribution < 1.29 is 19.1 Å². The molecule has 6 nitrogen and oxygen atoms in total. The molecular weight excluding hydrogens is 508 g/mol. The van der Waals surface area contributed by atoms with Crippen LogP contribution in [0.4, 0.5) is 0 Å². The largest absolute Gasteiger partial charge is 0.465 e. The van der Waals surface area contributed by atoms with Crippen molar-refractivity contribution in [3.8, 4) is 21.8 Å². The number of aryl methyl sites for hydroxylation is 1. The van der Waals surface area contributed by atoms with Crippen LogP contribution in [0.2, 0.25) is 5.02 Å². The number of rotatable bonds is 7. The van der Waals surface area contributed by atoms with Crippen LogP contribution in [-0.2, 0) is 19.1 Å². The molecule has 37 heavy (non-hydrogen) atoms. The second-order valence-electron chi connectivity index (χ2n) is 8.70. The van der Waals surface area contributed by atoms with Gasteiger partial charge < -0.3 is 9.47 Å². The smallest absolute Gasteiger partial charge is 0.336 e. The Morgan fingerprint density at radius 2 is 1.65 bits per heavy atom. The third kappa shape index (κ3) is 5.38. The molecule has 0 radical (unpaired) electrons. The lowest BCUT2D eigenvalue weighted by molar-refractivity contribution is -0.146. The summed E-state index contributed by atoms with van der Waals surface area (Å²) in [6.45, 7) is 9.57. The molecule has 0 aliphatic carbocycles. The van der Waals surface area contributed by atoms with Gasteiger partial charge in [-0.2, -0.15) is 0 Å². The highest BCUT2D eigenvalue weighted by Crippen LogP contribution is 2.45. The molecule has 1 aromatic heterocycles. The second-order valence-corrected chi connectivity index (χ2v) is 10.3. The summed E-state index contributed by atoms with van der Waals surface area (Å²) in [5.41, 5.74) is 4.98. The first-order valence-electron chi connectivity index (χ1n) is 12.2. The van der Waals surface area contributed by atoms with E-state index in [1.807, 2.05) is 55.5 Å². The summed E-state index contributed by atoms with van der Waals surface area (Å²) >= 11 is 7.65. The average molecular weight is 537 g/mol. The van der Waals surface area contributed by atoms with Gasteiger partial charge >= 0.3 is 11.9 Å². The van der Waals surface area contributed by atoms with E-state index in [1.54, 1.807) is 39.0 Å². The minimum absolute atomic E-state index is 0.215. The standard InChI is InChI=1S/C29H29ClN2O4S/c1-6-35-28(33)23-16(3)31-17(4)24(29(34)36-7-2)25(23)21-10-8-9-11-22(21)27-32-26(18(5)37-27)19-12-14-20(30)15-13-19/h8-15,23,25H,6-7H2,1-5H3. The first kappa shape index (κ1) is 26.8. The Morgan fingerprint density at radius 1 is 0.973 bits per heavy atom. The number of carbonyl (C=O) groups excluding carboxylic acids is 2. The fourth-order valence-corrected chi connectivity index (χ4v) is 5.84. The monoisotopic (exact) mass is 536 g/mol. The Kier molecular flexibility index (Phi) is 8.25. The van der Waals surface area contributed by atoms with Crippen LogP contribution in [0.25, 0.3) is 21.8 Å². The Balaban J connectivity index is 1.90. The van der Waals surface area contributed by atoms with Crippen LogP contribution in [0.5, 0.6) is 0 Å². The van der Waals surface area contributed by atoms with Crippen LogP contribution in [0, 0.1) is 12.8 Å². The van der Waals surface area contributed by atoms with Crippen LogP contribution in [0.3, 0.4) is 0 Å². The molecule has 1 aliphatic rings. The number of nitrogens with zero attached hydrogens (tertiary/aromatic N) is 2. The Morgan fingerprint density at radius 3 is 2.32 bits per heavy atom. The van der Waals surface area contributed by atoms with Gasteiger partial charge in [-0.15, -0.1) is 11.3 Å². The Hall–Kier alpha value is -3.29. The van der Waals surface area contributed by atoms with E-state index in [9.17, 15) is 9.59 Å². The van der Waals surface area contributed by atoms with E-state index in [1.165, 1.54) is 0 Å². The Labute approximate surface area is 226 Å². The molecule has 192 valence electrons. The van der Waals surface area contributed by atoms with E-state index >= 15 is 0 Å². The van der Waals surface area contributed by atoms with Crippen LogP contribution in [-0.4, -0.2) is 35.8 Å². The van der Waals surface area contributed by atoms with Gasteiger partial charge in [-0.1, -0.05) is 48.0 Å². The fraction of sp³-hybridized carbons (Fsp3) is 0.310. The number of thiazole rings is 1. The van der Waals surface area contributed by atoms with Gasteiger partial charge in [0, 0.05) is 38.4 Å². The van der Waals surface area contributed by atoms with E-state index in [0.717, 1.165) is 32.3 Å². The minimum atomic E-state index is -0.763. The molecule has 0 fully saturated rings. The lowest BCUT2D eigenvalue weighted by Gasteiger charge is -2.32. The van der Waals surface area contributed by atoms with E-state index in [0.29, 0.717) is 22.0 Å². The zero-order valence-electron chi connectivity index (χ0n) is 21.5. The lowest BCUT2D eigenvalue weighted by atomic mass is 9.74. The molecule has 0 bridgehead atoms. The molecule has 0 saturated carbocycles. The Bertz CT molecular complexity index is 1390. The van der Waals surface area contributed by atoms with E-state index in [2.05, 4.69) is 4.99 Å². The summed E-state index contributed by atoms with van der Waals surface area (Å²) < 4.78 is 10.9. The molecule has 0 N–H and O–H groups in total. The van der Waals surface area contributed by atoms with Gasteiger partial charge in [0.15, 0.2) is 0 Å². The normalized spacial score (nSPS) is 17.4. The maximum Gasteiger partial charge on any atom is 0.336 e. The summed E-state index contributed by atoms with van der Waals surface area (Å²) in [7, 11) is 0. The summed E-state index contributed by atoms with van der Waals surface area (Å²) in [4.78, 5) is 37.1. The molecule has 2 heterocycles. The topological polar surface area (TPSA) is 77.8 Å². The highest BCUT2D eigenvalue weighted by Gasteiger charge is 2.43. The first-order chi connectivity index (χ1) is 17.8. The number of benzene rings is 2. The molecule has 4 rings (SSSR count). The van der Waals surface area contributed by atoms with E-state index in [-0.39, 0.29) is 13.2 Å². The molecule has 0 saturated heterocycles. The molecule has 2 atom stereocenters. The van der Waals surface area contributed by atoms with Gasteiger partial charge in [-0.25, -0.2) is 9.78 Å². The number of aliphatic imine (C=N–C) groups is 1. The van der Waals surface area contributed by atoms with Crippen molar-refractivity contribution in [2.75, 3.05) is 13.2 Å². The van der Waals surface area contributed by atoms with E-state index in [4.69, 9.17) is 26.1 Å². The number of ether oxygens (including phenoxy) is 2. The molecule has 8 heteroatoms. The van der Waals surface area contributed by atoms with Crippen LogP contribution >= 0.6 is 22.9 Å². The maximum absolute atomic E-state index is 13.2. The van der Waals surface area contributed by atoms with Crippen molar-refractivity contribution in [2.24, 2.45) is 10.9 Å². The number of halogens is 1. The first-order valence-corrected chi connectivity index (χ1v) is 13.4. The van der Waals surface area contributed by atoms with E-state index < -0.39 is 23.8 Å². The average Bonchev–Trinajstić information content (AvgIpc) is 3.25. The van der Waals surface area contributed by atoms with Crippen molar-refractivity contribution in [3.05, 3.63) is 75.3 Å². The molecule has 0 amide bonds. The predicted octanol–water partition coefficient (Wildman–Crippen LogP) is 7.01. The van der Waals surface area contributed by atoms with Crippen LogP contribution in [0.1, 0.15) is 44.1 Å². The number of hydrogen-bond donors (Lipinski definition) is 0.